The number of amides is 1. The fourth-order valence-corrected chi connectivity index (χ4v) is 3.67. The minimum absolute atomic E-state index is 0.0130. The van der Waals surface area contributed by atoms with Gasteiger partial charge in [0.2, 0.25) is 0 Å². The smallest absolute Gasteiger partial charge is 0.257 e. The van der Waals surface area contributed by atoms with Gasteiger partial charge in [0.05, 0.1) is 29.1 Å². The van der Waals surface area contributed by atoms with Crippen molar-refractivity contribution in [1.29, 1.82) is 0 Å². The molecule has 1 aliphatic rings. The van der Waals surface area contributed by atoms with Gasteiger partial charge in [0.25, 0.3) is 5.91 Å². The van der Waals surface area contributed by atoms with Crippen molar-refractivity contribution in [2.45, 2.75) is 6.92 Å². The number of H-pyrrole nitrogens is 1. The lowest BCUT2D eigenvalue weighted by Crippen LogP contribution is -2.37. The number of aromatic nitrogens is 2. The van der Waals surface area contributed by atoms with Crippen LogP contribution in [0.15, 0.2) is 24.4 Å². The molecule has 0 saturated carbocycles. The van der Waals surface area contributed by atoms with Crippen molar-refractivity contribution in [1.82, 2.24) is 15.1 Å². The van der Waals surface area contributed by atoms with Crippen LogP contribution >= 0.6 is 23.4 Å². The Labute approximate surface area is 144 Å². The number of carbonyl (C=O) groups excluding carboxylic acids is 1. The number of carbonyl (C=O) groups is 1. The second-order valence-corrected chi connectivity index (χ2v) is 6.77. The summed E-state index contributed by atoms with van der Waals surface area (Å²) in [5, 5.41) is 7.49. The highest BCUT2D eigenvalue weighted by Gasteiger charge is 2.23. The summed E-state index contributed by atoms with van der Waals surface area (Å²) < 4.78 is 5.45. The van der Waals surface area contributed by atoms with E-state index in [0.29, 0.717) is 28.6 Å². The lowest BCUT2D eigenvalue weighted by molar-refractivity contribution is 0.0773. The lowest BCUT2D eigenvalue weighted by atomic mass is 10.1. The van der Waals surface area contributed by atoms with Crippen molar-refractivity contribution in [2.75, 3.05) is 31.2 Å². The summed E-state index contributed by atoms with van der Waals surface area (Å²) in [5.74, 6) is 2.61. The molecular formula is C16H18ClN3O2S. The fourth-order valence-electron chi connectivity index (χ4n) is 2.53. The normalized spacial score (nSPS) is 14.8. The van der Waals surface area contributed by atoms with Crippen molar-refractivity contribution in [3.63, 3.8) is 0 Å². The first kappa shape index (κ1) is 16.2. The summed E-state index contributed by atoms with van der Waals surface area (Å²) in [6, 6.07) is 5.49. The molecule has 23 heavy (non-hydrogen) atoms. The Bertz CT molecular complexity index is 698. The molecule has 2 heterocycles. The van der Waals surface area contributed by atoms with Crippen LogP contribution in [0.2, 0.25) is 5.02 Å². The zero-order valence-electron chi connectivity index (χ0n) is 12.8. The van der Waals surface area contributed by atoms with Crippen LogP contribution in [0.4, 0.5) is 0 Å². The minimum Gasteiger partial charge on any atom is -0.492 e. The first-order valence-electron chi connectivity index (χ1n) is 7.53. The molecule has 0 spiro atoms. The van der Waals surface area contributed by atoms with E-state index in [0.717, 1.165) is 30.2 Å². The largest absolute Gasteiger partial charge is 0.492 e. The monoisotopic (exact) mass is 351 g/mol. The summed E-state index contributed by atoms with van der Waals surface area (Å²) in [7, 11) is 0. The van der Waals surface area contributed by atoms with E-state index in [-0.39, 0.29) is 5.91 Å². The Morgan fingerprint density at radius 2 is 2.22 bits per heavy atom. The Morgan fingerprint density at radius 1 is 1.43 bits per heavy atom. The van der Waals surface area contributed by atoms with Gasteiger partial charge in [0.1, 0.15) is 5.75 Å². The molecule has 122 valence electrons. The van der Waals surface area contributed by atoms with Crippen LogP contribution in [0.1, 0.15) is 17.3 Å². The molecule has 1 amide bonds. The summed E-state index contributed by atoms with van der Waals surface area (Å²) in [6.45, 7) is 4.02. The number of halogens is 1. The van der Waals surface area contributed by atoms with E-state index >= 15 is 0 Å². The topological polar surface area (TPSA) is 58.2 Å². The summed E-state index contributed by atoms with van der Waals surface area (Å²) in [4.78, 5) is 14.6. The molecule has 1 fully saturated rings. The lowest BCUT2D eigenvalue weighted by Gasteiger charge is -2.26. The van der Waals surface area contributed by atoms with Gasteiger partial charge in [0, 0.05) is 30.2 Å². The molecule has 1 aromatic heterocycles. The molecular weight excluding hydrogens is 334 g/mol. The van der Waals surface area contributed by atoms with Crippen molar-refractivity contribution < 1.29 is 9.53 Å². The van der Waals surface area contributed by atoms with Gasteiger partial charge >= 0.3 is 0 Å². The Kier molecular flexibility index (Phi) is 5.13. The molecule has 5 nitrogen and oxygen atoms in total. The molecule has 1 N–H and O–H groups in total. The average Bonchev–Trinajstić information content (AvgIpc) is 3.06. The van der Waals surface area contributed by atoms with Crippen LogP contribution in [0.25, 0.3) is 11.3 Å². The van der Waals surface area contributed by atoms with Crippen LogP contribution in [-0.4, -0.2) is 52.2 Å². The zero-order chi connectivity index (χ0) is 16.2. The standard InChI is InChI=1S/C16H18ClN3O2S/c1-2-22-14-4-3-11(9-13(14)17)15-12(10-18-19-15)16(21)20-5-7-23-8-6-20/h3-4,9-10H,2,5-8H2,1H3,(H,18,19). The summed E-state index contributed by atoms with van der Waals surface area (Å²) in [5.41, 5.74) is 2.10. The fraction of sp³-hybridized carbons (Fsp3) is 0.375. The number of hydrogen-bond donors (Lipinski definition) is 1. The maximum atomic E-state index is 12.7. The number of nitrogens with zero attached hydrogens (tertiary/aromatic N) is 2. The van der Waals surface area contributed by atoms with E-state index in [1.807, 2.05) is 35.7 Å². The number of aromatic amines is 1. The van der Waals surface area contributed by atoms with Crippen molar-refractivity contribution in [3.8, 4) is 17.0 Å². The average molecular weight is 352 g/mol. The molecule has 0 unspecified atom stereocenters. The second-order valence-electron chi connectivity index (χ2n) is 5.14. The molecule has 1 aliphatic heterocycles. The predicted octanol–water partition coefficient (Wildman–Crippen LogP) is 3.32. The van der Waals surface area contributed by atoms with Crippen molar-refractivity contribution in [2.24, 2.45) is 0 Å². The summed E-state index contributed by atoms with van der Waals surface area (Å²) in [6.07, 6.45) is 1.59. The third-order valence-electron chi connectivity index (χ3n) is 3.69. The molecule has 1 saturated heterocycles. The van der Waals surface area contributed by atoms with Crippen LogP contribution in [0.3, 0.4) is 0 Å². The number of benzene rings is 1. The van der Waals surface area contributed by atoms with Gasteiger partial charge in [-0.25, -0.2) is 0 Å². The van der Waals surface area contributed by atoms with E-state index in [9.17, 15) is 4.79 Å². The quantitative estimate of drug-likeness (QED) is 0.918. The molecule has 0 aliphatic carbocycles. The molecule has 0 atom stereocenters. The SMILES string of the molecule is CCOc1ccc(-c2[nH]ncc2C(=O)N2CCSCC2)cc1Cl. The zero-order valence-corrected chi connectivity index (χ0v) is 14.4. The molecule has 0 radical (unpaired) electrons. The Hall–Kier alpha value is -1.66. The highest BCUT2D eigenvalue weighted by Crippen LogP contribution is 2.31. The molecule has 1 aromatic carbocycles. The minimum atomic E-state index is 0.0130. The van der Waals surface area contributed by atoms with Gasteiger partial charge in [-0.1, -0.05) is 11.6 Å². The Morgan fingerprint density at radius 3 is 2.91 bits per heavy atom. The van der Waals surface area contributed by atoms with Gasteiger partial charge in [-0.2, -0.15) is 16.9 Å². The van der Waals surface area contributed by atoms with E-state index < -0.39 is 0 Å². The van der Waals surface area contributed by atoms with Gasteiger partial charge in [-0.15, -0.1) is 0 Å². The first-order chi connectivity index (χ1) is 11.2. The number of thioether (sulfide) groups is 1. The number of nitrogens with one attached hydrogen (secondary N) is 1. The van der Waals surface area contributed by atoms with Crippen molar-refractivity contribution in [3.05, 3.63) is 35.0 Å². The van der Waals surface area contributed by atoms with Crippen LogP contribution in [0.5, 0.6) is 5.75 Å². The number of ether oxygens (including phenoxy) is 1. The third kappa shape index (κ3) is 3.48. The molecule has 0 bridgehead atoms. The predicted molar refractivity (Wildman–Crippen MR) is 93.4 cm³/mol. The second kappa shape index (κ2) is 7.27. The van der Waals surface area contributed by atoms with E-state index in [2.05, 4.69) is 10.2 Å². The highest BCUT2D eigenvalue weighted by molar-refractivity contribution is 7.99. The maximum absolute atomic E-state index is 12.7. The number of rotatable bonds is 4. The molecule has 7 heteroatoms. The third-order valence-corrected chi connectivity index (χ3v) is 4.93. The number of hydrogen-bond acceptors (Lipinski definition) is 4. The van der Waals surface area contributed by atoms with Crippen LogP contribution in [-0.2, 0) is 0 Å². The molecule has 3 rings (SSSR count). The van der Waals surface area contributed by atoms with E-state index in [1.54, 1.807) is 12.3 Å². The van der Waals surface area contributed by atoms with Crippen molar-refractivity contribution >= 4 is 29.3 Å². The van der Waals surface area contributed by atoms with Gasteiger partial charge < -0.3 is 9.64 Å². The molecule has 2 aromatic rings. The van der Waals surface area contributed by atoms with Crippen LogP contribution < -0.4 is 4.74 Å². The van der Waals surface area contributed by atoms with Gasteiger partial charge in [-0.3, -0.25) is 9.89 Å². The maximum Gasteiger partial charge on any atom is 0.257 e. The van der Waals surface area contributed by atoms with Gasteiger partial charge in [-0.05, 0) is 25.1 Å². The van der Waals surface area contributed by atoms with E-state index in [1.165, 1.54) is 0 Å². The summed E-state index contributed by atoms with van der Waals surface area (Å²) >= 11 is 8.12. The highest BCUT2D eigenvalue weighted by atomic mass is 35.5. The van der Waals surface area contributed by atoms with Gasteiger partial charge in [0.15, 0.2) is 0 Å². The Balaban J connectivity index is 1.88. The first-order valence-corrected chi connectivity index (χ1v) is 9.07. The van der Waals surface area contributed by atoms with E-state index in [4.69, 9.17) is 16.3 Å². The van der Waals surface area contributed by atoms with Crippen LogP contribution in [0, 0.1) is 0 Å².